The van der Waals surface area contributed by atoms with E-state index in [1.54, 1.807) is 18.2 Å². The van der Waals surface area contributed by atoms with Gasteiger partial charge in [0.1, 0.15) is 5.75 Å². The van der Waals surface area contributed by atoms with Crippen LogP contribution in [-0.4, -0.2) is 11.0 Å². The second-order valence-electron chi connectivity index (χ2n) is 5.81. The third kappa shape index (κ3) is 2.53. The first-order chi connectivity index (χ1) is 11.6. The van der Waals surface area contributed by atoms with Crippen molar-refractivity contribution in [3.8, 4) is 28.0 Å². The number of rotatable bonds is 2. The van der Waals surface area contributed by atoms with Crippen molar-refractivity contribution < 1.29 is 9.90 Å². The zero-order chi connectivity index (χ0) is 16.7. The van der Waals surface area contributed by atoms with Crippen LogP contribution in [-0.2, 0) is 11.2 Å². The molecule has 0 aromatic heterocycles. The molecule has 3 aromatic carbocycles. The molecule has 24 heavy (non-hydrogen) atoms. The van der Waals surface area contributed by atoms with Gasteiger partial charge >= 0.3 is 0 Å². The van der Waals surface area contributed by atoms with Crippen LogP contribution in [0.25, 0.3) is 22.3 Å². The van der Waals surface area contributed by atoms with Gasteiger partial charge in [0.15, 0.2) is 0 Å². The van der Waals surface area contributed by atoms with Gasteiger partial charge in [-0.3, -0.25) is 4.79 Å². The van der Waals surface area contributed by atoms with E-state index in [0.717, 1.165) is 33.5 Å². The zero-order valence-electron chi connectivity index (χ0n) is 12.7. The molecule has 1 aliphatic heterocycles. The number of amides is 1. The molecule has 0 saturated heterocycles. The van der Waals surface area contributed by atoms with E-state index in [1.807, 2.05) is 42.5 Å². The summed E-state index contributed by atoms with van der Waals surface area (Å²) in [6, 6.07) is 18.8. The molecule has 0 unspecified atom stereocenters. The summed E-state index contributed by atoms with van der Waals surface area (Å²) in [6.07, 6.45) is 0.374. The minimum atomic E-state index is -0.0128. The fraction of sp³-hybridized carbons (Fsp3) is 0.0500. The summed E-state index contributed by atoms with van der Waals surface area (Å²) < 4.78 is 0. The highest BCUT2D eigenvalue weighted by Crippen LogP contribution is 2.38. The highest BCUT2D eigenvalue weighted by atomic mass is 35.5. The molecule has 1 amide bonds. The standard InChI is InChI=1S/C20H14ClNO2/c21-17-11-18-14(10-20(24)22-18)9-16(17)13-5-3-4-12(8-13)15-6-1-2-7-19(15)23/h1-9,11,23H,10H2,(H,22,24). The van der Waals surface area contributed by atoms with E-state index in [9.17, 15) is 9.90 Å². The summed E-state index contributed by atoms with van der Waals surface area (Å²) in [7, 11) is 0. The molecule has 0 spiro atoms. The zero-order valence-corrected chi connectivity index (χ0v) is 13.5. The molecule has 0 radical (unpaired) electrons. The van der Waals surface area contributed by atoms with Crippen molar-refractivity contribution in [2.45, 2.75) is 6.42 Å². The van der Waals surface area contributed by atoms with Crippen LogP contribution in [0, 0.1) is 0 Å². The number of benzene rings is 3. The van der Waals surface area contributed by atoms with Crippen molar-refractivity contribution in [1.29, 1.82) is 0 Å². The van der Waals surface area contributed by atoms with Crippen LogP contribution in [0.3, 0.4) is 0 Å². The van der Waals surface area contributed by atoms with Crippen LogP contribution < -0.4 is 5.32 Å². The lowest BCUT2D eigenvalue weighted by molar-refractivity contribution is -0.115. The number of nitrogens with one attached hydrogen (secondary N) is 1. The molecule has 0 aliphatic carbocycles. The van der Waals surface area contributed by atoms with Gasteiger partial charge in [-0.05, 0) is 41.0 Å². The third-order valence-corrected chi connectivity index (χ3v) is 4.52. The number of phenols is 1. The highest BCUT2D eigenvalue weighted by Gasteiger charge is 2.20. The van der Waals surface area contributed by atoms with E-state index in [1.165, 1.54) is 0 Å². The van der Waals surface area contributed by atoms with E-state index in [-0.39, 0.29) is 11.7 Å². The number of para-hydroxylation sites is 1. The summed E-state index contributed by atoms with van der Waals surface area (Å²) >= 11 is 6.42. The van der Waals surface area contributed by atoms with Gasteiger partial charge in [-0.15, -0.1) is 0 Å². The number of hydrogen-bond acceptors (Lipinski definition) is 2. The van der Waals surface area contributed by atoms with Crippen molar-refractivity contribution in [3.63, 3.8) is 0 Å². The smallest absolute Gasteiger partial charge is 0.228 e. The molecule has 3 nitrogen and oxygen atoms in total. The fourth-order valence-corrected chi connectivity index (χ4v) is 3.31. The van der Waals surface area contributed by atoms with E-state index < -0.39 is 0 Å². The van der Waals surface area contributed by atoms with Crippen LogP contribution >= 0.6 is 11.6 Å². The molecular weight excluding hydrogens is 322 g/mol. The minimum absolute atomic E-state index is 0.0128. The Bertz CT molecular complexity index is 966. The van der Waals surface area contributed by atoms with Gasteiger partial charge < -0.3 is 10.4 Å². The molecule has 1 aliphatic rings. The molecule has 1 heterocycles. The molecule has 0 fully saturated rings. The normalized spacial score (nSPS) is 12.8. The van der Waals surface area contributed by atoms with Crippen molar-refractivity contribution in [2.24, 2.45) is 0 Å². The Morgan fingerprint density at radius 2 is 1.67 bits per heavy atom. The first-order valence-electron chi connectivity index (χ1n) is 7.63. The number of phenolic OH excluding ortho intramolecular Hbond substituents is 1. The maximum absolute atomic E-state index is 11.6. The Morgan fingerprint density at radius 1 is 0.917 bits per heavy atom. The van der Waals surface area contributed by atoms with E-state index in [0.29, 0.717) is 11.4 Å². The quantitative estimate of drug-likeness (QED) is 0.701. The molecule has 0 bridgehead atoms. The van der Waals surface area contributed by atoms with Crippen LogP contribution in [0.5, 0.6) is 5.75 Å². The predicted octanol–water partition coefficient (Wildman–Crippen LogP) is 4.87. The summed E-state index contributed by atoms with van der Waals surface area (Å²) in [6.45, 7) is 0. The fourth-order valence-electron chi connectivity index (χ4n) is 3.04. The summed E-state index contributed by atoms with van der Waals surface area (Å²) in [5.74, 6) is 0.227. The van der Waals surface area contributed by atoms with Gasteiger partial charge in [-0.1, -0.05) is 48.0 Å². The molecule has 4 heteroatoms. The van der Waals surface area contributed by atoms with Crippen molar-refractivity contribution >= 4 is 23.2 Å². The number of carbonyl (C=O) groups is 1. The maximum atomic E-state index is 11.6. The summed E-state index contributed by atoms with van der Waals surface area (Å²) in [5, 5.41) is 13.5. The van der Waals surface area contributed by atoms with Gasteiger partial charge in [0.05, 0.1) is 11.4 Å². The molecule has 3 aromatic rings. The second kappa shape index (κ2) is 5.69. The number of carbonyl (C=O) groups excluding carboxylic acids is 1. The number of hydrogen-bond donors (Lipinski definition) is 2. The number of aromatic hydroxyl groups is 1. The molecule has 4 rings (SSSR count). The average molecular weight is 336 g/mol. The first kappa shape index (κ1) is 14.8. The first-order valence-corrected chi connectivity index (χ1v) is 8.01. The Hall–Kier alpha value is -2.78. The Labute approximate surface area is 144 Å². The lowest BCUT2D eigenvalue weighted by Crippen LogP contribution is -2.03. The van der Waals surface area contributed by atoms with Gasteiger partial charge in [0.25, 0.3) is 0 Å². The monoisotopic (exact) mass is 335 g/mol. The molecule has 2 N–H and O–H groups in total. The lowest BCUT2D eigenvalue weighted by atomic mass is 9.97. The predicted molar refractivity (Wildman–Crippen MR) is 96.3 cm³/mol. The van der Waals surface area contributed by atoms with E-state index in [4.69, 9.17) is 11.6 Å². The number of anilines is 1. The Morgan fingerprint density at radius 3 is 2.46 bits per heavy atom. The van der Waals surface area contributed by atoms with Crippen LogP contribution in [0.2, 0.25) is 5.02 Å². The molecule has 118 valence electrons. The summed E-state index contributed by atoms with van der Waals surface area (Å²) in [5.41, 5.74) is 5.25. The molecule has 0 atom stereocenters. The number of fused-ring (bicyclic) bond motifs is 1. The average Bonchev–Trinajstić information content (AvgIpc) is 2.93. The van der Waals surface area contributed by atoms with E-state index >= 15 is 0 Å². The second-order valence-corrected chi connectivity index (χ2v) is 6.22. The minimum Gasteiger partial charge on any atom is -0.507 e. The Balaban J connectivity index is 1.82. The van der Waals surface area contributed by atoms with Crippen LogP contribution in [0.4, 0.5) is 5.69 Å². The molecular formula is C20H14ClNO2. The van der Waals surface area contributed by atoms with Crippen molar-refractivity contribution in [2.75, 3.05) is 5.32 Å². The SMILES string of the molecule is O=C1Cc2cc(-c3cccc(-c4ccccc4O)c3)c(Cl)cc2N1. The number of halogens is 1. The van der Waals surface area contributed by atoms with Crippen molar-refractivity contribution in [1.82, 2.24) is 0 Å². The highest BCUT2D eigenvalue weighted by molar-refractivity contribution is 6.34. The topological polar surface area (TPSA) is 49.3 Å². The largest absolute Gasteiger partial charge is 0.507 e. The van der Waals surface area contributed by atoms with Gasteiger partial charge in [0, 0.05) is 16.8 Å². The lowest BCUT2D eigenvalue weighted by Gasteiger charge is -2.10. The van der Waals surface area contributed by atoms with Crippen molar-refractivity contribution in [3.05, 3.63) is 71.2 Å². The van der Waals surface area contributed by atoms with Gasteiger partial charge in [-0.25, -0.2) is 0 Å². The van der Waals surface area contributed by atoms with Crippen LogP contribution in [0.1, 0.15) is 5.56 Å². The van der Waals surface area contributed by atoms with Crippen LogP contribution in [0.15, 0.2) is 60.7 Å². The molecule has 0 saturated carbocycles. The van der Waals surface area contributed by atoms with Gasteiger partial charge in [-0.2, -0.15) is 0 Å². The van der Waals surface area contributed by atoms with E-state index in [2.05, 4.69) is 5.32 Å². The Kier molecular flexibility index (Phi) is 3.51. The van der Waals surface area contributed by atoms with Gasteiger partial charge in [0.2, 0.25) is 5.91 Å². The maximum Gasteiger partial charge on any atom is 0.228 e. The third-order valence-electron chi connectivity index (χ3n) is 4.21. The summed E-state index contributed by atoms with van der Waals surface area (Å²) in [4.78, 5) is 11.6.